The average molecular weight is 592 g/mol. The Morgan fingerprint density at radius 2 is 1.72 bits per heavy atom. The molecule has 3 amide bonds. The number of hydrogen-bond donors (Lipinski definition) is 5. The smallest absolute Gasteiger partial charge is 0.262 e. The van der Waals surface area contributed by atoms with E-state index in [4.69, 9.17) is 4.74 Å². The normalized spacial score (nSPS) is 13.8. The summed E-state index contributed by atoms with van der Waals surface area (Å²) in [6, 6.07) is 14.4. The largest absolute Gasteiger partial charge is 0.491 e. The molecule has 0 saturated heterocycles. The van der Waals surface area contributed by atoms with Crippen molar-refractivity contribution in [1.29, 1.82) is 5.26 Å². The molecule has 0 aliphatic rings. The average Bonchev–Trinajstić information content (AvgIpc) is 2.92. The molecule has 0 aliphatic heterocycles. The zero-order valence-corrected chi connectivity index (χ0v) is 26.2. The quantitative estimate of drug-likeness (QED) is 0.167. The summed E-state index contributed by atoms with van der Waals surface area (Å²) in [5.41, 5.74) is 1.98. The molecule has 0 aromatic heterocycles. The molecule has 2 aromatic rings. The van der Waals surface area contributed by atoms with E-state index >= 15 is 0 Å². The number of rotatable bonds is 14. The second kappa shape index (κ2) is 16.4. The van der Waals surface area contributed by atoms with Gasteiger partial charge in [-0.25, -0.2) is 0 Å². The Labute approximate surface area is 254 Å². The molecule has 5 N–H and O–H groups in total. The summed E-state index contributed by atoms with van der Waals surface area (Å²) in [5.74, 6) is -0.863. The molecule has 0 spiro atoms. The number of amides is 3. The fourth-order valence-electron chi connectivity index (χ4n) is 3.90. The molecule has 2 rings (SSSR count). The number of aliphatic hydroxyl groups is 1. The fourth-order valence-corrected chi connectivity index (χ4v) is 3.90. The van der Waals surface area contributed by atoms with Crippen molar-refractivity contribution in [3.05, 3.63) is 70.8 Å². The predicted octanol–water partition coefficient (Wildman–Crippen LogP) is 2.99. The van der Waals surface area contributed by atoms with Gasteiger partial charge in [0.25, 0.3) is 5.91 Å². The van der Waals surface area contributed by atoms with E-state index in [0.717, 1.165) is 11.1 Å². The van der Waals surface area contributed by atoms with Gasteiger partial charge in [0.2, 0.25) is 11.8 Å². The lowest BCUT2D eigenvalue weighted by atomic mass is 10.1. The van der Waals surface area contributed by atoms with E-state index in [-0.39, 0.29) is 24.6 Å². The van der Waals surface area contributed by atoms with Gasteiger partial charge in [-0.05, 0) is 76.4 Å². The summed E-state index contributed by atoms with van der Waals surface area (Å²) in [6.07, 6.45) is 0.457. The highest BCUT2D eigenvalue weighted by Crippen LogP contribution is 2.17. The number of nitrogens with zero attached hydrogens (tertiary/aromatic N) is 1. The highest BCUT2D eigenvalue weighted by Gasteiger charge is 2.29. The number of benzene rings is 2. The molecular weight excluding hydrogens is 546 g/mol. The minimum Gasteiger partial charge on any atom is -0.491 e. The zero-order valence-electron chi connectivity index (χ0n) is 26.2. The van der Waals surface area contributed by atoms with Crippen LogP contribution in [0.5, 0.6) is 5.75 Å². The number of aryl methyl sites for hydroxylation is 1. The van der Waals surface area contributed by atoms with Crippen LogP contribution in [0.25, 0.3) is 6.08 Å². The van der Waals surface area contributed by atoms with E-state index in [0.29, 0.717) is 17.9 Å². The minimum atomic E-state index is -1.08. The van der Waals surface area contributed by atoms with Gasteiger partial charge in [0.05, 0.1) is 6.10 Å². The molecule has 2 aromatic carbocycles. The molecule has 0 fully saturated rings. The maximum absolute atomic E-state index is 13.3. The maximum Gasteiger partial charge on any atom is 0.262 e. The maximum atomic E-state index is 13.3. The third-order valence-electron chi connectivity index (χ3n) is 6.17. The lowest BCUT2D eigenvalue weighted by Crippen LogP contribution is -2.57. The van der Waals surface area contributed by atoms with Crippen LogP contribution >= 0.6 is 0 Å². The van der Waals surface area contributed by atoms with Gasteiger partial charge in [-0.3, -0.25) is 14.4 Å². The van der Waals surface area contributed by atoms with Crippen LogP contribution in [0.4, 0.5) is 0 Å². The first-order valence-corrected chi connectivity index (χ1v) is 14.4. The number of nitriles is 1. The van der Waals surface area contributed by atoms with Crippen molar-refractivity contribution in [1.82, 2.24) is 21.3 Å². The molecular formula is C33H45N5O5. The standard InChI is InChI=1S/C33H45N5O5/c1-21(2)18-35-29(23(4)39)32(42)37-28(31(41)36-19-24-13-11-22(3)12-14-24)20-43-27-10-8-9-25(16-27)15-26(17-34)30(40)38-33(5,6)7/h8-16,21,23,28-29,35,39H,18-20H2,1-7H3,(H,36,41)(H,37,42)(H,38,40)/t23-,28+,29+/m1/s1. The molecule has 0 saturated carbocycles. The number of carbonyl (C=O) groups excluding carboxylic acids is 3. The Morgan fingerprint density at radius 1 is 1.05 bits per heavy atom. The van der Waals surface area contributed by atoms with E-state index in [1.807, 2.05) is 71.9 Å². The molecule has 43 heavy (non-hydrogen) atoms. The van der Waals surface area contributed by atoms with Crippen LogP contribution < -0.4 is 26.0 Å². The minimum absolute atomic E-state index is 0.0641. The van der Waals surface area contributed by atoms with E-state index in [2.05, 4.69) is 21.3 Å². The van der Waals surface area contributed by atoms with E-state index in [9.17, 15) is 24.8 Å². The highest BCUT2D eigenvalue weighted by atomic mass is 16.5. The number of hydrogen-bond acceptors (Lipinski definition) is 7. The summed E-state index contributed by atoms with van der Waals surface area (Å²) in [4.78, 5) is 38.9. The van der Waals surface area contributed by atoms with E-state index < -0.39 is 41.4 Å². The van der Waals surface area contributed by atoms with E-state index in [1.165, 1.54) is 13.0 Å². The molecule has 3 atom stereocenters. The Balaban J connectivity index is 2.22. The lowest BCUT2D eigenvalue weighted by Gasteiger charge is -2.25. The first kappa shape index (κ1) is 35.0. The zero-order chi connectivity index (χ0) is 32.2. The molecule has 10 nitrogen and oxygen atoms in total. The van der Waals surface area contributed by atoms with Crippen LogP contribution in [0.15, 0.2) is 54.1 Å². The molecule has 232 valence electrons. The van der Waals surface area contributed by atoms with Crippen LogP contribution in [0.2, 0.25) is 0 Å². The second-order valence-electron chi connectivity index (χ2n) is 12.0. The molecule has 0 aliphatic carbocycles. The molecule has 0 bridgehead atoms. The van der Waals surface area contributed by atoms with Gasteiger partial charge in [-0.2, -0.15) is 5.26 Å². The first-order valence-electron chi connectivity index (χ1n) is 14.4. The first-order chi connectivity index (χ1) is 20.2. The molecule has 0 radical (unpaired) electrons. The highest BCUT2D eigenvalue weighted by molar-refractivity contribution is 6.02. The van der Waals surface area contributed by atoms with Gasteiger partial charge < -0.3 is 31.1 Å². The van der Waals surface area contributed by atoms with Crippen LogP contribution in [-0.4, -0.2) is 59.7 Å². The van der Waals surface area contributed by atoms with Crippen molar-refractivity contribution in [2.75, 3.05) is 13.2 Å². The molecule has 0 heterocycles. The van der Waals surface area contributed by atoms with Crippen molar-refractivity contribution >= 4 is 23.8 Å². The van der Waals surface area contributed by atoms with Gasteiger partial charge in [-0.15, -0.1) is 0 Å². The number of nitrogens with one attached hydrogen (secondary N) is 4. The SMILES string of the molecule is Cc1ccc(CNC(=O)[C@H](COc2cccc(C=C(C#N)C(=O)NC(C)(C)C)c2)NC(=O)[C@@H](NCC(C)C)[C@@H](C)O)cc1. The molecule has 0 unspecified atom stereocenters. The van der Waals surface area contributed by atoms with Gasteiger partial charge >= 0.3 is 0 Å². The van der Waals surface area contributed by atoms with Crippen molar-refractivity contribution in [3.63, 3.8) is 0 Å². The van der Waals surface area contributed by atoms with Crippen molar-refractivity contribution in [3.8, 4) is 11.8 Å². The van der Waals surface area contributed by atoms with Crippen LogP contribution in [0, 0.1) is 24.2 Å². The third-order valence-corrected chi connectivity index (χ3v) is 6.17. The summed E-state index contributed by atoms with van der Waals surface area (Å²) in [7, 11) is 0. The Hall–Kier alpha value is -4.20. The monoisotopic (exact) mass is 591 g/mol. The van der Waals surface area contributed by atoms with Gasteiger partial charge in [0.1, 0.15) is 36.1 Å². The van der Waals surface area contributed by atoms with Crippen molar-refractivity contribution < 1.29 is 24.2 Å². The summed E-state index contributed by atoms with van der Waals surface area (Å²) in [5, 5.41) is 31.2. The van der Waals surface area contributed by atoms with Crippen LogP contribution in [0.3, 0.4) is 0 Å². The number of ether oxygens (including phenoxy) is 1. The number of carbonyl (C=O) groups is 3. The Kier molecular flexibility index (Phi) is 13.4. The van der Waals surface area contributed by atoms with Crippen LogP contribution in [0.1, 0.15) is 58.2 Å². The second-order valence-corrected chi connectivity index (χ2v) is 12.0. The fraction of sp³-hybridized carbons (Fsp3) is 0.455. The Morgan fingerprint density at radius 3 is 2.30 bits per heavy atom. The number of aliphatic hydroxyl groups excluding tert-OH is 1. The Bertz CT molecular complexity index is 1310. The van der Waals surface area contributed by atoms with E-state index in [1.54, 1.807) is 24.3 Å². The topological polar surface area (TPSA) is 153 Å². The van der Waals surface area contributed by atoms with Gasteiger partial charge in [0.15, 0.2) is 0 Å². The van der Waals surface area contributed by atoms with Crippen molar-refractivity contribution in [2.45, 2.75) is 78.7 Å². The molecule has 10 heteroatoms. The lowest BCUT2D eigenvalue weighted by molar-refractivity contribution is -0.132. The summed E-state index contributed by atoms with van der Waals surface area (Å²) >= 11 is 0. The summed E-state index contributed by atoms with van der Waals surface area (Å²) in [6.45, 7) is 13.5. The summed E-state index contributed by atoms with van der Waals surface area (Å²) < 4.78 is 5.92. The van der Waals surface area contributed by atoms with Crippen molar-refractivity contribution in [2.24, 2.45) is 5.92 Å². The third kappa shape index (κ3) is 12.7. The van der Waals surface area contributed by atoms with Crippen LogP contribution in [-0.2, 0) is 20.9 Å². The van der Waals surface area contributed by atoms with Gasteiger partial charge in [-0.1, -0.05) is 55.8 Å². The van der Waals surface area contributed by atoms with Gasteiger partial charge in [0, 0.05) is 12.1 Å². The predicted molar refractivity (Wildman–Crippen MR) is 167 cm³/mol.